The van der Waals surface area contributed by atoms with Crippen molar-refractivity contribution in [1.29, 1.82) is 0 Å². The molecule has 1 amide bonds. The number of hydrazone groups is 1. The predicted octanol–water partition coefficient (Wildman–Crippen LogP) is 4.14. The number of ether oxygens (including phenoxy) is 2. The van der Waals surface area contributed by atoms with E-state index < -0.39 is 58.3 Å². The van der Waals surface area contributed by atoms with Crippen LogP contribution in [0, 0.1) is 10.1 Å². The average Bonchev–Trinajstić information content (AvgIpc) is 3.21. The first-order valence-corrected chi connectivity index (χ1v) is 10.0. The summed E-state index contributed by atoms with van der Waals surface area (Å²) in [5.41, 5.74) is -5.50. The highest BCUT2D eigenvalue weighted by Gasteiger charge is 2.82. The second-order valence-electron chi connectivity index (χ2n) is 7.66. The highest BCUT2D eigenvalue weighted by Crippen LogP contribution is 2.54. The van der Waals surface area contributed by atoms with Crippen LogP contribution in [0.5, 0.6) is 11.5 Å². The number of nitro groups is 1. The maximum Gasteiger partial charge on any atom is 0.460 e. The molecular formula is C21H16F7N3O6. The van der Waals surface area contributed by atoms with Crippen LogP contribution in [0.3, 0.4) is 0 Å². The highest BCUT2D eigenvalue weighted by atomic mass is 19.4. The van der Waals surface area contributed by atoms with Crippen LogP contribution < -0.4 is 9.47 Å². The number of benzene rings is 2. The average molecular weight is 539 g/mol. The molecule has 3 rings (SSSR count). The fourth-order valence-electron chi connectivity index (χ4n) is 3.30. The molecule has 0 radical (unpaired) electrons. The van der Waals surface area contributed by atoms with E-state index in [1.54, 1.807) is 0 Å². The number of carbonyl (C=O) groups is 1. The molecule has 2 aromatic carbocycles. The standard InChI is InChI=1S/C21H16F7N3O6/c1-36-14-6-2-12(3-7-14)16-10-18(33,19(22,23)20(24,25)21(26,27)28)30(29-16)17(32)11-37-15-8-4-13(5-9-15)31(34)35/h2-9,33H,10-11H2,1H3/t18-/m0/s1. The second-order valence-corrected chi connectivity index (χ2v) is 7.66. The van der Waals surface area contributed by atoms with E-state index >= 15 is 0 Å². The maximum absolute atomic E-state index is 14.8. The Morgan fingerprint density at radius 1 is 1.05 bits per heavy atom. The number of nitro benzene ring substituents is 1. The third-order valence-electron chi connectivity index (χ3n) is 5.31. The van der Waals surface area contributed by atoms with E-state index in [1.165, 1.54) is 31.4 Å². The summed E-state index contributed by atoms with van der Waals surface area (Å²) in [4.78, 5) is 22.6. The van der Waals surface area contributed by atoms with Crippen LogP contribution in [-0.2, 0) is 4.79 Å². The minimum Gasteiger partial charge on any atom is -0.497 e. The lowest BCUT2D eigenvalue weighted by Crippen LogP contribution is -2.69. The fourth-order valence-corrected chi connectivity index (χ4v) is 3.30. The summed E-state index contributed by atoms with van der Waals surface area (Å²) in [5.74, 6) is -14.7. The molecule has 0 spiro atoms. The SMILES string of the molecule is COc1ccc(C2=NN(C(=O)COc3ccc([N+](=O)[O-])cc3)[C@@](O)(C(F)(F)C(F)(F)C(F)(F)F)C2)cc1. The quantitative estimate of drug-likeness (QED) is 0.307. The van der Waals surface area contributed by atoms with Gasteiger partial charge in [0.05, 0.1) is 17.7 Å². The van der Waals surface area contributed by atoms with Gasteiger partial charge in [-0.15, -0.1) is 0 Å². The van der Waals surface area contributed by atoms with Gasteiger partial charge >= 0.3 is 18.0 Å². The number of amides is 1. The number of rotatable bonds is 8. The molecular weight excluding hydrogens is 523 g/mol. The van der Waals surface area contributed by atoms with Gasteiger partial charge in [0.25, 0.3) is 11.6 Å². The molecule has 0 saturated carbocycles. The van der Waals surface area contributed by atoms with E-state index in [-0.39, 0.29) is 22.7 Å². The molecule has 200 valence electrons. The van der Waals surface area contributed by atoms with Crippen molar-refractivity contribution in [2.45, 2.75) is 30.2 Å². The summed E-state index contributed by atoms with van der Waals surface area (Å²) in [6.07, 6.45) is -8.39. The van der Waals surface area contributed by atoms with Crippen molar-refractivity contribution >= 4 is 17.3 Å². The fraction of sp³-hybridized carbons (Fsp3) is 0.333. The molecule has 0 fully saturated rings. The molecule has 1 atom stereocenters. The number of halogens is 7. The van der Waals surface area contributed by atoms with E-state index in [0.717, 1.165) is 24.3 Å². The van der Waals surface area contributed by atoms with E-state index in [9.17, 15) is 50.7 Å². The molecule has 0 bridgehead atoms. The Bertz CT molecular complexity index is 1200. The van der Waals surface area contributed by atoms with Crippen LogP contribution >= 0.6 is 0 Å². The number of hydrogen-bond acceptors (Lipinski definition) is 7. The van der Waals surface area contributed by atoms with Crippen LogP contribution in [0.2, 0.25) is 0 Å². The number of non-ortho nitro benzene ring substituents is 1. The molecule has 1 heterocycles. The molecule has 1 aliphatic heterocycles. The zero-order chi connectivity index (χ0) is 27.8. The van der Waals surface area contributed by atoms with Gasteiger partial charge in [0.15, 0.2) is 6.61 Å². The summed E-state index contributed by atoms with van der Waals surface area (Å²) >= 11 is 0. The van der Waals surface area contributed by atoms with Crippen LogP contribution in [0.25, 0.3) is 0 Å². The third kappa shape index (κ3) is 4.87. The van der Waals surface area contributed by atoms with Crippen LogP contribution in [0.4, 0.5) is 36.4 Å². The van der Waals surface area contributed by atoms with Crippen molar-refractivity contribution in [3.8, 4) is 11.5 Å². The molecule has 1 N–H and O–H groups in total. The zero-order valence-electron chi connectivity index (χ0n) is 18.5. The van der Waals surface area contributed by atoms with E-state index in [0.29, 0.717) is 0 Å². The van der Waals surface area contributed by atoms with Crippen molar-refractivity contribution < 1.29 is 55.0 Å². The third-order valence-corrected chi connectivity index (χ3v) is 5.31. The molecule has 0 saturated heterocycles. The number of alkyl halides is 7. The van der Waals surface area contributed by atoms with Gasteiger partial charge in [0, 0.05) is 18.6 Å². The Balaban J connectivity index is 1.97. The van der Waals surface area contributed by atoms with Crippen molar-refractivity contribution in [1.82, 2.24) is 5.01 Å². The Hall–Kier alpha value is -3.95. The molecule has 37 heavy (non-hydrogen) atoms. The summed E-state index contributed by atoms with van der Waals surface area (Å²) in [7, 11) is 1.30. The van der Waals surface area contributed by atoms with Gasteiger partial charge in [0.2, 0.25) is 5.72 Å². The molecule has 0 aliphatic carbocycles. The largest absolute Gasteiger partial charge is 0.497 e. The van der Waals surface area contributed by atoms with Gasteiger partial charge in [-0.05, 0) is 42.0 Å². The molecule has 16 heteroatoms. The van der Waals surface area contributed by atoms with Crippen molar-refractivity contribution in [2.75, 3.05) is 13.7 Å². The van der Waals surface area contributed by atoms with Crippen LogP contribution in [-0.4, -0.2) is 64.1 Å². The highest BCUT2D eigenvalue weighted by molar-refractivity contribution is 6.03. The normalized spacial score (nSPS) is 18.4. The minimum absolute atomic E-state index is 0.0862. The van der Waals surface area contributed by atoms with Gasteiger partial charge < -0.3 is 14.6 Å². The monoisotopic (exact) mass is 539 g/mol. The van der Waals surface area contributed by atoms with Gasteiger partial charge in [0.1, 0.15) is 11.5 Å². The lowest BCUT2D eigenvalue weighted by atomic mass is 9.91. The number of hydrogen-bond donors (Lipinski definition) is 1. The van der Waals surface area contributed by atoms with Gasteiger partial charge in [-0.3, -0.25) is 14.9 Å². The second kappa shape index (κ2) is 9.49. The topological polar surface area (TPSA) is 114 Å². The van der Waals surface area contributed by atoms with E-state index in [4.69, 9.17) is 9.47 Å². The first-order valence-electron chi connectivity index (χ1n) is 10.0. The first-order chi connectivity index (χ1) is 17.0. The molecule has 1 aliphatic rings. The van der Waals surface area contributed by atoms with E-state index in [1.807, 2.05) is 0 Å². The lowest BCUT2D eigenvalue weighted by molar-refractivity contribution is -0.401. The van der Waals surface area contributed by atoms with Crippen LogP contribution in [0.15, 0.2) is 53.6 Å². The zero-order valence-corrected chi connectivity index (χ0v) is 18.5. The van der Waals surface area contributed by atoms with Crippen molar-refractivity contribution in [3.05, 3.63) is 64.2 Å². The number of aliphatic hydroxyl groups is 1. The molecule has 0 unspecified atom stereocenters. The van der Waals surface area contributed by atoms with Crippen molar-refractivity contribution in [3.63, 3.8) is 0 Å². The van der Waals surface area contributed by atoms with Crippen LogP contribution in [0.1, 0.15) is 12.0 Å². The maximum atomic E-state index is 14.8. The number of nitrogens with zero attached hydrogens (tertiary/aromatic N) is 3. The molecule has 9 nitrogen and oxygen atoms in total. The smallest absolute Gasteiger partial charge is 0.460 e. The van der Waals surface area contributed by atoms with E-state index in [2.05, 4.69) is 5.10 Å². The Kier molecular flexibility index (Phi) is 7.09. The Morgan fingerprint density at radius 3 is 2.08 bits per heavy atom. The molecule has 0 aromatic heterocycles. The summed E-state index contributed by atoms with van der Waals surface area (Å²) in [5, 5.41) is 24.1. The summed E-state index contributed by atoms with van der Waals surface area (Å²) < 4.78 is 106. The summed E-state index contributed by atoms with van der Waals surface area (Å²) in [6, 6.07) is 8.93. The minimum atomic E-state index is -6.79. The lowest BCUT2D eigenvalue weighted by Gasteiger charge is -2.41. The van der Waals surface area contributed by atoms with Gasteiger partial charge in [-0.2, -0.15) is 40.8 Å². The molecule has 2 aromatic rings. The number of carbonyl (C=O) groups excluding carboxylic acids is 1. The Morgan fingerprint density at radius 2 is 1.59 bits per heavy atom. The first kappa shape index (κ1) is 27.6. The predicted molar refractivity (Wildman–Crippen MR) is 110 cm³/mol. The number of methoxy groups -OCH3 is 1. The van der Waals surface area contributed by atoms with Gasteiger partial charge in [-0.1, -0.05) is 0 Å². The van der Waals surface area contributed by atoms with Crippen molar-refractivity contribution in [2.24, 2.45) is 5.10 Å². The Labute approximate surface area is 202 Å². The summed E-state index contributed by atoms with van der Waals surface area (Å²) in [6.45, 7) is -1.26. The van der Waals surface area contributed by atoms with Gasteiger partial charge in [-0.25, -0.2) is 0 Å².